The van der Waals surface area contributed by atoms with Gasteiger partial charge in [0.05, 0.1) is 13.7 Å². The highest BCUT2D eigenvalue weighted by Crippen LogP contribution is 2.28. The summed E-state index contributed by atoms with van der Waals surface area (Å²) < 4.78 is 12.6. The van der Waals surface area contributed by atoms with Crippen molar-refractivity contribution in [2.75, 3.05) is 20.3 Å². The summed E-state index contributed by atoms with van der Waals surface area (Å²) in [6.07, 6.45) is 0.777. The number of aromatic nitrogens is 2. The van der Waals surface area contributed by atoms with Crippen molar-refractivity contribution in [1.29, 1.82) is 0 Å². The first kappa shape index (κ1) is 23.4. The number of hydrogen-bond acceptors (Lipinski definition) is 5. The van der Waals surface area contributed by atoms with Crippen LogP contribution in [0.5, 0.6) is 11.5 Å². The summed E-state index contributed by atoms with van der Waals surface area (Å²) in [5.74, 6) is 0.834. The second-order valence-corrected chi connectivity index (χ2v) is 8.30. The third-order valence-corrected chi connectivity index (χ3v) is 5.79. The Morgan fingerprint density at radius 3 is 2.56 bits per heavy atom. The number of carbonyl (C=O) groups is 2. The molecule has 178 valence electrons. The predicted octanol–water partition coefficient (Wildman–Crippen LogP) is 3.57. The lowest BCUT2D eigenvalue weighted by Gasteiger charge is -2.20. The summed E-state index contributed by atoms with van der Waals surface area (Å²) >= 11 is 0. The van der Waals surface area contributed by atoms with Crippen molar-refractivity contribution < 1.29 is 19.1 Å². The van der Waals surface area contributed by atoms with Gasteiger partial charge in [0.2, 0.25) is 0 Å². The molecule has 2 aromatic carbocycles. The second kappa shape index (κ2) is 10.4. The monoisotopic (exact) mass is 462 g/mol. The van der Waals surface area contributed by atoms with Gasteiger partial charge in [-0.1, -0.05) is 35.9 Å². The molecule has 4 rings (SSSR count). The van der Waals surface area contributed by atoms with Crippen LogP contribution in [-0.2, 0) is 19.6 Å². The van der Waals surface area contributed by atoms with Gasteiger partial charge in [-0.25, -0.2) is 0 Å². The third-order valence-electron chi connectivity index (χ3n) is 5.79. The van der Waals surface area contributed by atoms with Gasteiger partial charge in [-0.05, 0) is 43.5 Å². The molecule has 3 aromatic rings. The zero-order valence-corrected chi connectivity index (χ0v) is 19.8. The lowest BCUT2D eigenvalue weighted by Crippen LogP contribution is -2.30. The highest BCUT2D eigenvalue weighted by atomic mass is 16.5. The van der Waals surface area contributed by atoms with Crippen LogP contribution < -0.4 is 14.8 Å². The molecule has 1 N–H and O–H groups in total. The van der Waals surface area contributed by atoms with Crippen LogP contribution in [0.2, 0.25) is 0 Å². The number of ether oxygens (including phenoxy) is 2. The maximum atomic E-state index is 13.2. The summed E-state index contributed by atoms with van der Waals surface area (Å²) in [5.41, 5.74) is 3.81. The van der Waals surface area contributed by atoms with Gasteiger partial charge in [0, 0.05) is 32.2 Å². The molecule has 0 saturated heterocycles. The van der Waals surface area contributed by atoms with Crippen molar-refractivity contribution in [3.63, 3.8) is 0 Å². The van der Waals surface area contributed by atoms with E-state index >= 15 is 0 Å². The molecule has 8 heteroatoms. The molecular formula is C26H30N4O4. The van der Waals surface area contributed by atoms with Gasteiger partial charge in [0.25, 0.3) is 11.8 Å². The van der Waals surface area contributed by atoms with Crippen LogP contribution in [0.25, 0.3) is 0 Å². The lowest BCUT2D eigenvalue weighted by molar-refractivity contribution is 0.0745. The van der Waals surface area contributed by atoms with Crippen LogP contribution in [0.3, 0.4) is 0 Å². The van der Waals surface area contributed by atoms with E-state index in [9.17, 15) is 9.59 Å². The van der Waals surface area contributed by atoms with E-state index in [1.165, 1.54) is 5.56 Å². The fourth-order valence-electron chi connectivity index (χ4n) is 3.98. The first-order chi connectivity index (χ1) is 16.5. The minimum absolute atomic E-state index is 0.110. The smallest absolute Gasteiger partial charge is 0.272 e. The van der Waals surface area contributed by atoms with Crippen LogP contribution in [0, 0.1) is 6.92 Å². The minimum atomic E-state index is -0.327. The highest BCUT2D eigenvalue weighted by molar-refractivity contribution is 5.98. The van der Waals surface area contributed by atoms with Crippen molar-refractivity contribution in [1.82, 2.24) is 20.0 Å². The lowest BCUT2D eigenvalue weighted by atomic mass is 10.1. The Bertz CT molecular complexity index is 1170. The van der Waals surface area contributed by atoms with Gasteiger partial charge in [0.15, 0.2) is 17.2 Å². The van der Waals surface area contributed by atoms with Crippen LogP contribution in [0.1, 0.15) is 51.0 Å². The van der Waals surface area contributed by atoms with Gasteiger partial charge < -0.3 is 19.7 Å². The number of hydrogen-bond donors (Lipinski definition) is 1. The van der Waals surface area contributed by atoms with Crippen LogP contribution in [0.15, 0.2) is 48.5 Å². The number of aryl methyl sites for hydroxylation is 2. The van der Waals surface area contributed by atoms with E-state index in [4.69, 9.17) is 9.47 Å². The Kier molecular flexibility index (Phi) is 7.15. The molecule has 1 aliphatic heterocycles. The van der Waals surface area contributed by atoms with Crippen LogP contribution in [-0.4, -0.2) is 46.8 Å². The minimum Gasteiger partial charge on any atom is -0.493 e. The molecule has 0 unspecified atom stereocenters. The molecule has 2 amide bonds. The summed E-state index contributed by atoms with van der Waals surface area (Å²) in [6.45, 7) is 6.57. The molecule has 8 nitrogen and oxygen atoms in total. The van der Waals surface area contributed by atoms with Gasteiger partial charge in [0.1, 0.15) is 5.69 Å². The highest BCUT2D eigenvalue weighted by Gasteiger charge is 2.26. The van der Waals surface area contributed by atoms with Crippen LogP contribution >= 0.6 is 0 Å². The number of amides is 2. The Balaban J connectivity index is 1.43. The fourth-order valence-corrected chi connectivity index (χ4v) is 3.98. The van der Waals surface area contributed by atoms with E-state index in [-0.39, 0.29) is 17.5 Å². The molecule has 0 spiro atoms. The fraction of sp³-hybridized carbons (Fsp3) is 0.346. The maximum absolute atomic E-state index is 13.2. The normalized spacial score (nSPS) is 13.3. The van der Waals surface area contributed by atoms with Crippen molar-refractivity contribution in [3.8, 4) is 11.5 Å². The molecule has 0 bridgehead atoms. The van der Waals surface area contributed by atoms with E-state index in [1.807, 2.05) is 61.2 Å². The van der Waals surface area contributed by atoms with Crippen molar-refractivity contribution in [2.24, 2.45) is 0 Å². The topological polar surface area (TPSA) is 85.7 Å². The van der Waals surface area contributed by atoms with E-state index in [2.05, 4.69) is 10.4 Å². The van der Waals surface area contributed by atoms with Gasteiger partial charge in [-0.3, -0.25) is 14.3 Å². The van der Waals surface area contributed by atoms with Gasteiger partial charge in [-0.2, -0.15) is 5.10 Å². The van der Waals surface area contributed by atoms with E-state index < -0.39 is 0 Å². The molecule has 0 atom stereocenters. The molecule has 34 heavy (non-hydrogen) atoms. The summed E-state index contributed by atoms with van der Waals surface area (Å²) in [7, 11) is 1.58. The van der Waals surface area contributed by atoms with Crippen molar-refractivity contribution in [2.45, 2.75) is 39.9 Å². The predicted molar refractivity (Wildman–Crippen MR) is 128 cm³/mol. The van der Waals surface area contributed by atoms with E-state index in [1.54, 1.807) is 17.9 Å². The number of rotatable bonds is 8. The molecule has 2 heterocycles. The largest absolute Gasteiger partial charge is 0.493 e. The Morgan fingerprint density at radius 1 is 1.06 bits per heavy atom. The number of methoxy groups -OCH3 is 1. The first-order valence-corrected chi connectivity index (χ1v) is 11.5. The van der Waals surface area contributed by atoms with Crippen molar-refractivity contribution in [3.05, 3.63) is 76.6 Å². The number of nitrogens with zero attached hydrogens (tertiary/aromatic N) is 3. The standard InChI is InChI=1S/C26H30N4O4/c1-4-34-23-11-10-20(14-24(23)33-3)16-27-25(31)21-15-22-26(32)29(12-5-13-30(22)28-21)17-19-8-6-18(2)7-9-19/h6-11,14-15H,4-5,12-13,16-17H2,1-3H3,(H,27,31). The molecular weight excluding hydrogens is 432 g/mol. The molecule has 0 aliphatic carbocycles. The van der Waals surface area contributed by atoms with Gasteiger partial charge >= 0.3 is 0 Å². The number of benzene rings is 2. The van der Waals surface area contributed by atoms with E-state index in [0.29, 0.717) is 50.0 Å². The quantitative estimate of drug-likeness (QED) is 0.553. The molecule has 1 aromatic heterocycles. The summed E-state index contributed by atoms with van der Waals surface area (Å²) in [6, 6.07) is 15.3. The zero-order valence-electron chi connectivity index (χ0n) is 19.8. The average Bonchev–Trinajstić information content (AvgIpc) is 3.22. The molecule has 0 fully saturated rings. The van der Waals surface area contributed by atoms with Gasteiger partial charge in [-0.15, -0.1) is 0 Å². The number of fused-ring (bicyclic) bond motifs is 1. The third kappa shape index (κ3) is 5.22. The Morgan fingerprint density at radius 2 is 1.82 bits per heavy atom. The Hall–Kier alpha value is -3.81. The second-order valence-electron chi connectivity index (χ2n) is 8.30. The molecule has 0 saturated carbocycles. The average molecular weight is 463 g/mol. The van der Waals surface area contributed by atoms with E-state index in [0.717, 1.165) is 17.5 Å². The SMILES string of the molecule is CCOc1ccc(CNC(=O)c2cc3n(n2)CCCN(Cc2ccc(C)cc2)C3=O)cc1OC. The number of nitrogens with one attached hydrogen (secondary N) is 1. The summed E-state index contributed by atoms with van der Waals surface area (Å²) in [4.78, 5) is 27.8. The maximum Gasteiger partial charge on any atom is 0.272 e. The molecule has 1 aliphatic rings. The zero-order chi connectivity index (χ0) is 24.1. The number of carbonyl (C=O) groups excluding carboxylic acids is 2. The van der Waals surface area contributed by atoms with Crippen molar-refractivity contribution >= 4 is 11.8 Å². The molecule has 0 radical (unpaired) electrons. The van der Waals surface area contributed by atoms with Crippen LogP contribution in [0.4, 0.5) is 0 Å². The Labute approximate surface area is 199 Å². The first-order valence-electron chi connectivity index (χ1n) is 11.5. The summed E-state index contributed by atoms with van der Waals surface area (Å²) in [5, 5.41) is 7.29.